The Morgan fingerprint density at radius 1 is 1.42 bits per heavy atom. The van der Waals surface area contributed by atoms with Crippen LogP contribution in [-0.4, -0.2) is 25.7 Å². The maximum absolute atomic E-state index is 12.0. The van der Waals surface area contributed by atoms with E-state index in [9.17, 15) is 14.4 Å². The van der Waals surface area contributed by atoms with Crippen molar-refractivity contribution in [2.45, 2.75) is 26.3 Å². The van der Waals surface area contributed by atoms with Crippen LogP contribution >= 0.6 is 11.3 Å². The molecule has 1 aromatic carbocycles. The van der Waals surface area contributed by atoms with Gasteiger partial charge in [-0.1, -0.05) is 6.07 Å². The molecule has 1 fully saturated rings. The Hall–Kier alpha value is -2.15. The topological polar surface area (TPSA) is 75.7 Å². The number of anilines is 2. The van der Waals surface area contributed by atoms with Gasteiger partial charge in [0.05, 0.1) is 12.5 Å². The first-order chi connectivity index (χ1) is 11.6. The fourth-order valence-corrected chi connectivity index (χ4v) is 3.71. The summed E-state index contributed by atoms with van der Waals surface area (Å²) in [5.74, 6) is -0.470. The summed E-state index contributed by atoms with van der Waals surface area (Å²) in [5.41, 5.74) is -0.142. The summed E-state index contributed by atoms with van der Waals surface area (Å²) in [6.45, 7) is 3.75. The molecule has 1 aromatic heterocycles. The highest BCUT2D eigenvalue weighted by Crippen LogP contribution is 2.27. The zero-order valence-electron chi connectivity index (χ0n) is 13.5. The molecule has 0 spiro atoms. The number of thiophene rings is 1. The zero-order chi connectivity index (χ0) is 17.1. The van der Waals surface area contributed by atoms with Crippen molar-refractivity contribution in [3.63, 3.8) is 0 Å². The van der Waals surface area contributed by atoms with Gasteiger partial charge in [-0.2, -0.15) is 0 Å². The van der Waals surface area contributed by atoms with Crippen LogP contribution in [0.4, 0.5) is 11.4 Å². The molecule has 0 saturated carbocycles. The summed E-state index contributed by atoms with van der Waals surface area (Å²) in [6.07, 6.45) is 1.55. The maximum Gasteiger partial charge on any atom is 0.310 e. The fraction of sp³-hybridized carbons (Fsp3) is 0.471. The first-order valence-corrected chi connectivity index (χ1v) is 9.01. The molecular formula is C17H20N2O4S. The second kappa shape index (κ2) is 7.17. The third-order valence-electron chi connectivity index (χ3n) is 4.26. The van der Waals surface area contributed by atoms with E-state index in [-0.39, 0.29) is 11.9 Å². The summed E-state index contributed by atoms with van der Waals surface area (Å²) >= 11 is 1.59. The summed E-state index contributed by atoms with van der Waals surface area (Å²) in [4.78, 5) is 38.8. The Balaban J connectivity index is 1.72. The van der Waals surface area contributed by atoms with Crippen LogP contribution in [0.1, 0.15) is 24.6 Å². The lowest BCUT2D eigenvalue weighted by atomic mass is 9.96. The van der Waals surface area contributed by atoms with Crippen LogP contribution in [0.2, 0.25) is 0 Å². The van der Waals surface area contributed by atoms with Crippen LogP contribution in [0.3, 0.4) is 0 Å². The highest BCUT2D eigenvalue weighted by Gasteiger charge is 2.32. The van der Waals surface area contributed by atoms with Crippen LogP contribution in [-0.2, 0) is 16.1 Å². The molecule has 1 unspecified atom stereocenters. The molecule has 128 valence electrons. The molecule has 1 atom stereocenters. The Kier molecular flexibility index (Phi) is 4.99. The molecule has 2 aromatic rings. The summed E-state index contributed by atoms with van der Waals surface area (Å²) in [5, 5.41) is 5.05. The van der Waals surface area contributed by atoms with E-state index in [1.54, 1.807) is 18.3 Å². The SMILES string of the molecule is CCOC(=O)C1CCCN(c2c(NCc3cccs3)c(=O)c2=O)C1. The van der Waals surface area contributed by atoms with Crippen LogP contribution in [0.5, 0.6) is 0 Å². The highest BCUT2D eigenvalue weighted by molar-refractivity contribution is 7.09. The second-order valence-corrected chi connectivity index (χ2v) is 6.88. The molecule has 1 saturated heterocycles. The first-order valence-electron chi connectivity index (χ1n) is 8.13. The van der Waals surface area contributed by atoms with Gasteiger partial charge in [0.1, 0.15) is 11.4 Å². The van der Waals surface area contributed by atoms with Gasteiger partial charge in [0.2, 0.25) is 0 Å². The van der Waals surface area contributed by atoms with Crippen molar-refractivity contribution < 1.29 is 9.53 Å². The largest absolute Gasteiger partial charge is 0.466 e. The predicted octanol–water partition coefficient (Wildman–Crippen LogP) is 1.74. The van der Waals surface area contributed by atoms with E-state index < -0.39 is 10.9 Å². The van der Waals surface area contributed by atoms with E-state index in [4.69, 9.17) is 4.74 Å². The summed E-state index contributed by atoms with van der Waals surface area (Å²) in [7, 11) is 0. The average molecular weight is 348 g/mol. The Bertz CT molecular complexity index is 777. The minimum absolute atomic E-state index is 0.228. The van der Waals surface area contributed by atoms with E-state index in [0.717, 1.165) is 17.7 Å². The molecule has 1 aliphatic rings. The van der Waals surface area contributed by atoms with E-state index in [1.807, 2.05) is 22.4 Å². The number of nitrogens with zero attached hydrogens (tertiary/aromatic N) is 1. The number of hydrogen-bond donors (Lipinski definition) is 1. The number of rotatable bonds is 6. The molecule has 1 aliphatic heterocycles. The van der Waals surface area contributed by atoms with Crippen molar-refractivity contribution in [2.24, 2.45) is 5.92 Å². The third-order valence-corrected chi connectivity index (χ3v) is 5.14. The molecule has 24 heavy (non-hydrogen) atoms. The van der Waals surface area contributed by atoms with Crippen molar-refractivity contribution in [1.29, 1.82) is 0 Å². The van der Waals surface area contributed by atoms with Crippen LogP contribution < -0.4 is 21.1 Å². The third kappa shape index (κ3) is 3.21. The van der Waals surface area contributed by atoms with Gasteiger partial charge in [0.25, 0.3) is 10.9 Å². The molecule has 0 bridgehead atoms. The van der Waals surface area contributed by atoms with Gasteiger partial charge in [-0.15, -0.1) is 11.3 Å². The molecule has 0 aliphatic carbocycles. The first kappa shape index (κ1) is 16.7. The predicted molar refractivity (Wildman–Crippen MR) is 94.6 cm³/mol. The van der Waals surface area contributed by atoms with Crippen molar-refractivity contribution in [3.05, 3.63) is 42.8 Å². The number of hydrogen-bond acceptors (Lipinski definition) is 7. The van der Waals surface area contributed by atoms with Crippen molar-refractivity contribution in [2.75, 3.05) is 29.9 Å². The second-order valence-electron chi connectivity index (χ2n) is 5.85. The van der Waals surface area contributed by atoms with E-state index >= 15 is 0 Å². The van der Waals surface area contributed by atoms with Gasteiger partial charge < -0.3 is 15.0 Å². The molecule has 3 rings (SSSR count). The van der Waals surface area contributed by atoms with Gasteiger partial charge in [0, 0.05) is 24.5 Å². The van der Waals surface area contributed by atoms with Gasteiger partial charge in [-0.3, -0.25) is 14.4 Å². The quantitative estimate of drug-likeness (QED) is 0.633. The molecule has 1 N–H and O–H groups in total. The van der Waals surface area contributed by atoms with Crippen molar-refractivity contribution >= 4 is 28.7 Å². The summed E-state index contributed by atoms with van der Waals surface area (Å²) < 4.78 is 5.08. The average Bonchev–Trinajstić information content (AvgIpc) is 3.11. The summed E-state index contributed by atoms with van der Waals surface area (Å²) in [6, 6.07) is 3.92. The number of ether oxygens (including phenoxy) is 1. The number of carbonyl (C=O) groups is 1. The van der Waals surface area contributed by atoms with Gasteiger partial charge in [-0.25, -0.2) is 0 Å². The Morgan fingerprint density at radius 3 is 2.96 bits per heavy atom. The minimum atomic E-state index is -0.472. The number of carbonyl (C=O) groups excluding carboxylic acids is 1. The van der Waals surface area contributed by atoms with Gasteiger partial charge in [0.15, 0.2) is 0 Å². The number of esters is 1. The van der Waals surface area contributed by atoms with Crippen LogP contribution in [0.15, 0.2) is 27.1 Å². The van der Waals surface area contributed by atoms with Gasteiger partial charge >= 0.3 is 5.97 Å². The molecule has 0 radical (unpaired) electrons. The van der Waals surface area contributed by atoms with Crippen LogP contribution in [0, 0.1) is 5.92 Å². The standard InChI is InChI=1S/C17H20N2O4S/c1-2-23-17(22)11-5-3-7-19(10-11)14-13(15(20)16(14)21)18-9-12-6-4-8-24-12/h4,6,8,11,18H,2-3,5,7,9-10H2,1H3. The van der Waals surface area contributed by atoms with E-state index in [0.29, 0.717) is 37.6 Å². The van der Waals surface area contributed by atoms with Crippen LogP contribution in [0.25, 0.3) is 0 Å². The smallest absolute Gasteiger partial charge is 0.310 e. The fourth-order valence-electron chi connectivity index (χ4n) is 3.07. The van der Waals surface area contributed by atoms with E-state index in [1.165, 1.54) is 0 Å². The van der Waals surface area contributed by atoms with E-state index in [2.05, 4.69) is 5.32 Å². The van der Waals surface area contributed by atoms with Gasteiger partial charge in [-0.05, 0) is 31.2 Å². The molecule has 7 heteroatoms. The molecule has 0 amide bonds. The van der Waals surface area contributed by atoms with Crippen molar-refractivity contribution in [3.8, 4) is 0 Å². The lowest BCUT2D eigenvalue weighted by Gasteiger charge is -2.34. The maximum atomic E-state index is 12.0. The Morgan fingerprint density at radius 2 is 2.25 bits per heavy atom. The van der Waals surface area contributed by atoms with Crippen molar-refractivity contribution in [1.82, 2.24) is 0 Å². The Labute approximate surface area is 143 Å². The highest BCUT2D eigenvalue weighted by atomic mass is 32.1. The number of nitrogens with one attached hydrogen (secondary N) is 1. The minimum Gasteiger partial charge on any atom is -0.466 e. The molecule has 2 heterocycles. The molecule has 6 nitrogen and oxygen atoms in total. The lowest BCUT2D eigenvalue weighted by molar-refractivity contribution is -0.148. The zero-order valence-corrected chi connectivity index (χ0v) is 14.4. The normalized spacial score (nSPS) is 17.9. The molecular weight excluding hydrogens is 328 g/mol. The number of piperidine rings is 1. The lowest BCUT2D eigenvalue weighted by Crippen LogP contribution is -2.47. The monoisotopic (exact) mass is 348 g/mol.